The third-order valence-electron chi connectivity index (χ3n) is 3.92. The fourth-order valence-electron chi connectivity index (χ4n) is 2.37. The van der Waals surface area contributed by atoms with E-state index >= 15 is 0 Å². The lowest BCUT2D eigenvalue weighted by molar-refractivity contribution is 0.0252. The monoisotopic (exact) mass is 263 g/mol. The molecule has 19 heavy (non-hydrogen) atoms. The zero-order valence-corrected chi connectivity index (χ0v) is 12.1. The molecule has 1 aromatic rings. The summed E-state index contributed by atoms with van der Waals surface area (Å²) < 4.78 is 5.25. The van der Waals surface area contributed by atoms with Gasteiger partial charge in [0.1, 0.15) is 5.60 Å². The van der Waals surface area contributed by atoms with E-state index in [0.717, 1.165) is 6.42 Å². The van der Waals surface area contributed by atoms with Crippen molar-refractivity contribution in [2.24, 2.45) is 0 Å². The third-order valence-corrected chi connectivity index (χ3v) is 3.92. The van der Waals surface area contributed by atoms with E-state index in [9.17, 15) is 5.11 Å². The number of nitrogens with one attached hydrogen (secondary N) is 1. The lowest BCUT2D eigenvalue weighted by atomic mass is 9.98. The summed E-state index contributed by atoms with van der Waals surface area (Å²) in [6.45, 7) is 8.22. The molecule has 1 fully saturated rings. The Morgan fingerprint density at radius 2 is 1.84 bits per heavy atom. The van der Waals surface area contributed by atoms with Crippen LogP contribution in [0.4, 0.5) is 0 Å². The summed E-state index contributed by atoms with van der Waals surface area (Å²) in [7, 11) is 0. The van der Waals surface area contributed by atoms with E-state index in [-0.39, 0.29) is 6.04 Å². The molecule has 2 unspecified atom stereocenters. The maximum Gasteiger partial charge on any atom is 0.103 e. The van der Waals surface area contributed by atoms with Gasteiger partial charge in [-0.2, -0.15) is 0 Å². The molecule has 0 aliphatic carbocycles. The molecule has 0 saturated carbocycles. The average molecular weight is 263 g/mol. The molecule has 1 saturated heterocycles. The first-order valence-electron chi connectivity index (χ1n) is 7.13. The van der Waals surface area contributed by atoms with Crippen molar-refractivity contribution in [3.63, 3.8) is 0 Å². The zero-order chi connectivity index (χ0) is 13.9. The van der Waals surface area contributed by atoms with Crippen molar-refractivity contribution in [2.45, 2.75) is 44.8 Å². The molecule has 2 N–H and O–H groups in total. The lowest BCUT2D eigenvalue weighted by Gasteiger charge is -2.24. The normalized spacial score (nSPS) is 24.9. The predicted octanol–water partition coefficient (Wildman–Crippen LogP) is 2.61. The first-order valence-corrected chi connectivity index (χ1v) is 7.13. The van der Waals surface area contributed by atoms with Crippen LogP contribution in [0, 0.1) is 0 Å². The second-order valence-corrected chi connectivity index (χ2v) is 5.95. The summed E-state index contributed by atoms with van der Waals surface area (Å²) in [4.78, 5) is 0. The quantitative estimate of drug-likeness (QED) is 0.858. The second-order valence-electron chi connectivity index (χ2n) is 5.95. The molecule has 0 spiro atoms. The van der Waals surface area contributed by atoms with Crippen LogP contribution in [-0.2, 0) is 4.74 Å². The van der Waals surface area contributed by atoms with Gasteiger partial charge in [-0.05, 0) is 24.0 Å². The van der Waals surface area contributed by atoms with Gasteiger partial charge in [0.15, 0.2) is 0 Å². The van der Waals surface area contributed by atoms with Gasteiger partial charge in [0.2, 0.25) is 0 Å². The highest BCUT2D eigenvalue weighted by molar-refractivity contribution is 5.26. The standard InChI is InChI=1S/C16H25NO2/c1-12(2)14-4-6-15(7-5-14)13(3)17-10-16(18)8-9-19-11-16/h4-7,12-13,17-18H,8-11H2,1-3H3. The van der Waals surface area contributed by atoms with Crippen LogP contribution >= 0.6 is 0 Å². The minimum absolute atomic E-state index is 0.242. The third kappa shape index (κ3) is 3.78. The zero-order valence-electron chi connectivity index (χ0n) is 12.1. The molecule has 0 aromatic heterocycles. The first kappa shape index (κ1) is 14.5. The highest BCUT2D eigenvalue weighted by Gasteiger charge is 2.32. The van der Waals surface area contributed by atoms with E-state index in [2.05, 4.69) is 50.4 Å². The van der Waals surface area contributed by atoms with Crippen LogP contribution in [0.25, 0.3) is 0 Å². The molecule has 0 amide bonds. The SMILES string of the molecule is CC(C)c1ccc(C(C)NCC2(O)CCOC2)cc1. The Labute approximate surface area is 116 Å². The van der Waals surface area contributed by atoms with Crippen molar-refractivity contribution in [1.82, 2.24) is 5.32 Å². The van der Waals surface area contributed by atoms with Crippen LogP contribution in [0.5, 0.6) is 0 Å². The van der Waals surface area contributed by atoms with Crippen molar-refractivity contribution >= 4 is 0 Å². The Morgan fingerprint density at radius 3 is 2.37 bits per heavy atom. The Hall–Kier alpha value is -0.900. The van der Waals surface area contributed by atoms with E-state index in [4.69, 9.17) is 4.74 Å². The summed E-state index contributed by atoms with van der Waals surface area (Å²) in [5, 5.41) is 13.6. The van der Waals surface area contributed by atoms with Gasteiger partial charge in [-0.3, -0.25) is 0 Å². The predicted molar refractivity (Wildman–Crippen MR) is 77.3 cm³/mol. The number of hydrogen-bond donors (Lipinski definition) is 2. The maximum atomic E-state index is 10.2. The Kier molecular flexibility index (Phi) is 4.61. The summed E-state index contributed by atoms with van der Waals surface area (Å²) in [6, 6.07) is 8.95. The van der Waals surface area contributed by atoms with Gasteiger partial charge in [0.25, 0.3) is 0 Å². The van der Waals surface area contributed by atoms with Crippen LogP contribution in [0.1, 0.15) is 50.3 Å². The van der Waals surface area contributed by atoms with Crippen molar-refractivity contribution in [3.8, 4) is 0 Å². The number of aliphatic hydroxyl groups is 1. The van der Waals surface area contributed by atoms with Crippen LogP contribution in [0.15, 0.2) is 24.3 Å². The molecular formula is C16H25NO2. The number of hydrogen-bond acceptors (Lipinski definition) is 3. The smallest absolute Gasteiger partial charge is 0.103 e. The first-order chi connectivity index (χ1) is 9.00. The van der Waals surface area contributed by atoms with Crippen molar-refractivity contribution in [1.29, 1.82) is 0 Å². The highest BCUT2D eigenvalue weighted by atomic mass is 16.5. The fraction of sp³-hybridized carbons (Fsp3) is 0.625. The van der Waals surface area contributed by atoms with Gasteiger partial charge in [0, 0.05) is 25.6 Å². The molecular weight excluding hydrogens is 238 g/mol. The second kappa shape index (κ2) is 6.04. The van der Waals surface area contributed by atoms with Crippen LogP contribution in [-0.4, -0.2) is 30.5 Å². The number of benzene rings is 1. The Bertz CT molecular complexity index is 394. The van der Waals surface area contributed by atoms with Crippen LogP contribution in [0.3, 0.4) is 0 Å². The molecule has 2 atom stereocenters. The van der Waals surface area contributed by atoms with Gasteiger partial charge in [-0.25, -0.2) is 0 Å². The van der Waals surface area contributed by atoms with Gasteiger partial charge in [-0.15, -0.1) is 0 Å². The van der Waals surface area contributed by atoms with Gasteiger partial charge in [-0.1, -0.05) is 38.1 Å². The number of ether oxygens (including phenoxy) is 1. The molecule has 1 aliphatic rings. The summed E-state index contributed by atoms with van der Waals surface area (Å²) in [5.41, 5.74) is 1.93. The maximum absolute atomic E-state index is 10.2. The van der Waals surface area contributed by atoms with Gasteiger partial charge < -0.3 is 15.2 Å². The van der Waals surface area contributed by atoms with Crippen LogP contribution < -0.4 is 5.32 Å². The van der Waals surface area contributed by atoms with E-state index in [0.29, 0.717) is 25.7 Å². The lowest BCUT2D eigenvalue weighted by Crippen LogP contribution is -2.41. The summed E-state index contributed by atoms with van der Waals surface area (Å²) in [6.07, 6.45) is 0.721. The fourth-order valence-corrected chi connectivity index (χ4v) is 2.37. The van der Waals surface area contributed by atoms with Crippen molar-refractivity contribution < 1.29 is 9.84 Å². The minimum atomic E-state index is -0.688. The molecule has 2 rings (SSSR count). The average Bonchev–Trinajstić information content (AvgIpc) is 2.83. The molecule has 1 aromatic carbocycles. The Balaban J connectivity index is 1.90. The van der Waals surface area contributed by atoms with Gasteiger partial charge in [0.05, 0.1) is 6.61 Å². The summed E-state index contributed by atoms with van der Waals surface area (Å²) in [5.74, 6) is 0.564. The van der Waals surface area contributed by atoms with E-state index < -0.39 is 5.60 Å². The van der Waals surface area contributed by atoms with E-state index in [1.165, 1.54) is 11.1 Å². The van der Waals surface area contributed by atoms with Gasteiger partial charge >= 0.3 is 0 Å². The molecule has 3 heteroatoms. The van der Waals surface area contributed by atoms with E-state index in [1.54, 1.807) is 0 Å². The molecule has 1 aliphatic heterocycles. The topological polar surface area (TPSA) is 41.5 Å². The summed E-state index contributed by atoms with van der Waals surface area (Å²) >= 11 is 0. The minimum Gasteiger partial charge on any atom is -0.386 e. The van der Waals surface area contributed by atoms with E-state index in [1.807, 2.05) is 0 Å². The number of rotatable bonds is 5. The molecule has 0 radical (unpaired) electrons. The van der Waals surface area contributed by atoms with Crippen LogP contribution in [0.2, 0.25) is 0 Å². The molecule has 106 valence electrons. The molecule has 0 bridgehead atoms. The Morgan fingerprint density at radius 1 is 1.21 bits per heavy atom. The molecule has 1 heterocycles. The largest absolute Gasteiger partial charge is 0.386 e. The molecule has 3 nitrogen and oxygen atoms in total. The highest BCUT2D eigenvalue weighted by Crippen LogP contribution is 2.21. The van der Waals surface area contributed by atoms with Crippen molar-refractivity contribution in [3.05, 3.63) is 35.4 Å². The van der Waals surface area contributed by atoms with Crippen molar-refractivity contribution in [2.75, 3.05) is 19.8 Å².